The van der Waals surface area contributed by atoms with Gasteiger partial charge >= 0.3 is 5.97 Å². The molecule has 0 bridgehead atoms. The number of carboxylic acid groups (broad SMARTS) is 1. The first-order valence-corrected chi connectivity index (χ1v) is 7.63. The van der Waals surface area contributed by atoms with Crippen LogP contribution in [-0.2, 0) is 14.8 Å². The Morgan fingerprint density at radius 2 is 1.95 bits per heavy atom. The van der Waals surface area contributed by atoms with Gasteiger partial charge in [-0.05, 0) is 43.5 Å². The van der Waals surface area contributed by atoms with E-state index in [4.69, 9.17) is 9.84 Å². The molecule has 0 aliphatic carbocycles. The number of hydrogen-bond acceptors (Lipinski definition) is 4. The summed E-state index contributed by atoms with van der Waals surface area (Å²) in [6.45, 7) is 3.55. The van der Waals surface area contributed by atoms with E-state index in [1.165, 1.54) is 7.11 Å². The van der Waals surface area contributed by atoms with Crippen molar-refractivity contribution in [3.8, 4) is 5.75 Å². The normalized spacial score (nSPS) is 11.3. The summed E-state index contributed by atoms with van der Waals surface area (Å²) < 4.78 is 31.8. The first-order valence-electron chi connectivity index (χ1n) is 6.14. The van der Waals surface area contributed by atoms with Crippen molar-refractivity contribution in [1.82, 2.24) is 4.72 Å². The molecule has 20 heavy (non-hydrogen) atoms. The first kappa shape index (κ1) is 16.5. The zero-order valence-corrected chi connectivity index (χ0v) is 12.6. The molecule has 0 aromatic heterocycles. The molecule has 0 heterocycles. The average molecular weight is 301 g/mol. The van der Waals surface area contributed by atoms with E-state index < -0.39 is 16.0 Å². The molecule has 0 fully saturated rings. The van der Waals surface area contributed by atoms with Crippen molar-refractivity contribution in [3.05, 3.63) is 23.3 Å². The van der Waals surface area contributed by atoms with Crippen LogP contribution in [0.3, 0.4) is 0 Å². The van der Waals surface area contributed by atoms with Crippen LogP contribution in [-0.4, -0.2) is 33.1 Å². The minimum Gasteiger partial charge on any atom is -0.496 e. The lowest BCUT2D eigenvalue weighted by Crippen LogP contribution is -2.26. The van der Waals surface area contributed by atoms with Gasteiger partial charge in [-0.25, -0.2) is 13.1 Å². The van der Waals surface area contributed by atoms with E-state index in [1.54, 1.807) is 26.0 Å². The lowest BCUT2D eigenvalue weighted by molar-refractivity contribution is -0.137. The van der Waals surface area contributed by atoms with Crippen LogP contribution in [0.25, 0.3) is 0 Å². The fourth-order valence-corrected chi connectivity index (χ4v) is 3.18. The predicted molar refractivity (Wildman–Crippen MR) is 74.5 cm³/mol. The Kier molecular flexibility index (Phi) is 5.52. The Bertz CT molecular complexity index is 595. The maximum atomic E-state index is 12.2. The molecule has 0 radical (unpaired) electrons. The highest BCUT2D eigenvalue weighted by Crippen LogP contribution is 2.25. The molecule has 7 heteroatoms. The molecule has 0 spiro atoms. The van der Waals surface area contributed by atoms with Crippen LogP contribution in [0.15, 0.2) is 17.0 Å². The molecule has 1 aromatic carbocycles. The van der Waals surface area contributed by atoms with Crippen LogP contribution in [0.4, 0.5) is 0 Å². The number of aliphatic carboxylic acids is 1. The van der Waals surface area contributed by atoms with Crippen molar-refractivity contribution < 1.29 is 23.1 Å². The van der Waals surface area contributed by atoms with E-state index in [0.717, 1.165) is 5.56 Å². The molecule has 0 saturated carbocycles. The summed E-state index contributed by atoms with van der Waals surface area (Å²) in [5.74, 6) is -0.312. The Balaban J connectivity index is 2.87. The molecule has 0 saturated heterocycles. The van der Waals surface area contributed by atoms with Gasteiger partial charge in [-0.1, -0.05) is 0 Å². The van der Waals surface area contributed by atoms with E-state index in [0.29, 0.717) is 11.3 Å². The molecule has 2 N–H and O–H groups in total. The Morgan fingerprint density at radius 1 is 1.30 bits per heavy atom. The monoisotopic (exact) mass is 301 g/mol. The quantitative estimate of drug-likeness (QED) is 0.744. The van der Waals surface area contributed by atoms with Crippen molar-refractivity contribution >= 4 is 16.0 Å². The second-order valence-electron chi connectivity index (χ2n) is 4.48. The summed E-state index contributed by atoms with van der Waals surface area (Å²) >= 11 is 0. The van der Waals surface area contributed by atoms with Crippen molar-refractivity contribution in [2.24, 2.45) is 0 Å². The van der Waals surface area contributed by atoms with Crippen LogP contribution in [0.2, 0.25) is 0 Å². The number of sulfonamides is 1. The molecule has 0 amide bonds. The summed E-state index contributed by atoms with van der Waals surface area (Å²) in [4.78, 5) is 10.6. The fraction of sp³-hybridized carbons (Fsp3) is 0.462. The maximum Gasteiger partial charge on any atom is 0.303 e. The zero-order chi connectivity index (χ0) is 15.3. The van der Waals surface area contributed by atoms with Crippen molar-refractivity contribution in [2.75, 3.05) is 13.7 Å². The minimum absolute atomic E-state index is 0.0663. The summed E-state index contributed by atoms with van der Waals surface area (Å²) in [6, 6.07) is 3.22. The lowest BCUT2D eigenvalue weighted by Gasteiger charge is -2.12. The number of hydrogen-bond donors (Lipinski definition) is 2. The number of carboxylic acids is 1. The molecule has 0 aliphatic rings. The summed E-state index contributed by atoms with van der Waals surface area (Å²) in [5.41, 5.74) is 1.31. The minimum atomic E-state index is -3.63. The highest BCUT2D eigenvalue weighted by atomic mass is 32.2. The van der Waals surface area contributed by atoms with Gasteiger partial charge in [-0.2, -0.15) is 0 Å². The molecule has 0 atom stereocenters. The summed E-state index contributed by atoms with van der Waals surface area (Å²) in [5, 5.41) is 8.51. The number of benzene rings is 1. The molecule has 0 unspecified atom stereocenters. The third-order valence-electron chi connectivity index (χ3n) is 2.84. The van der Waals surface area contributed by atoms with Gasteiger partial charge in [0.2, 0.25) is 10.0 Å². The highest BCUT2D eigenvalue weighted by molar-refractivity contribution is 7.89. The van der Waals surface area contributed by atoms with Gasteiger partial charge in [0.1, 0.15) is 5.75 Å². The van der Waals surface area contributed by atoms with Gasteiger partial charge in [-0.15, -0.1) is 0 Å². The molecular formula is C13H19NO5S. The number of ether oxygens (including phenoxy) is 1. The first-order chi connectivity index (χ1) is 9.27. The van der Waals surface area contributed by atoms with Gasteiger partial charge in [-0.3, -0.25) is 4.79 Å². The van der Waals surface area contributed by atoms with Gasteiger partial charge in [0.15, 0.2) is 0 Å². The Labute approximate surface area is 118 Å². The molecule has 112 valence electrons. The topological polar surface area (TPSA) is 92.7 Å². The lowest BCUT2D eigenvalue weighted by atomic mass is 10.1. The summed E-state index contributed by atoms with van der Waals surface area (Å²) in [7, 11) is -2.11. The molecular weight excluding hydrogens is 282 g/mol. The molecule has 6 nitrogen and oxygen atoms in total. The SMILES string of the molecule is COc1cc(C)c(S(=O)(=O)NCCCC(=O)O)cc1C. The van der Waals surface area contributed by atoms with E-state index >= 15 is 0 Å². The zero-order valence-electron chi connectivity index (χ0n) is 11.8. The van der Waals surface area contributed by atoms with Crippen LogP contribution in [0.5, 0.6) is 5.75 Å². The van der Waals surface area contributed by atoms with Crippen LogP contribution >= 0.6 is 0 Å². The largest absolute Gasteiger partial charge is 0.496 e. The number of carbonyl (C=O) groups is 1. The van der Waals surface area contributed by atoms with Crippen molar-refractivity contribution in [1.29, 1.82) is 0 Å². The highest BCUT2D eigenvalue weighted by Gasteiger charge is 2.18. The van der Waals surface area contributed by atoms with Crippen molar-refractivity contribution in [2.45, 2.75) is 31.6 Å². The molecule has 1 aromatic rings. The predicted octanol–water partition coefficient (Wildman–Crippen LogP) is 1.46. The van der Waals surface area contributed by atoms with Gasteiger partial charge in [0, 0.05) is 13.0 Å². The Hall–Kier alpha value is -1.60. The third kappa shape index (κ3) is 4.21. The maximum absolute atomic E-state index is 12.2. The second kappa shape index (κ2) is 6.71. The number of rotatable bonds is 7. The van der Waals surface area contributed by atoms with Gasteiger partial charge in [0.05, 0.1) is 12.0 Å². The smallest absolute Gasteiger partial charge is 0.303 e. The van der Waals surface area contributed by atoms with E-state index in [2.05, 4.69) is 4.72 Å². The van der Waals surface area contributed by atoms with Gasteiger partial charge in [0.25, 0.3) is 0 Å². The standard InChI is InChI=1S/C13H19NO5S/c1-9-8-12(10(2)7-11(9)19-3)20(17,18)14-6-4-5-13(15)16/h7-8,14H,4-6H2,1-3H3,(H,15,16). The Morgan fingerprint density at radius 3 is 2.50 bits per heavy atom. The van der Waals surface area contributed by atoms with Crippen LogP contribution in [0, 0.1) is 13.8 Å². The van der Waals surface area contributed by atoms with Crippen molar-refractivity contribution in [3.63, 3.8) is 0 Å². The summed E-state index contributed by atoms with van der Waals surface area (Å²) in [6.07, 6.45) is 0.186. The van der Waals surface area contributed by atoms with Gasteiger partial charge < -0.3 is 9.84 Å². The number of methoxy groups -OCH3 is 1. The molecule has 1 rings (SSSR count). The van der Waals surface area contributed by atoms with Crippen LogP contribution in [0.1, 0.15) is 24.0 Å². The van der Waals surface area contributed by atoms with E-state index in [9.17, 15) is 13.2 Å². The number of aryl methyl sites for hydroxylation is 2. The van der Waals surface area contributed by atoms with E-state index in [1.807, 2.05) is 0 Å². The molecule has 0 aliphatic heterocycles. The van der Waals surface area contributed by atoms with E-state index in [-0.39, 0.29) is 24.3 Å². The van der Waals surface area contributed by atoms with Crippen LogP contribution < -0.4 is 9.46 Å². The fourth-order valence-electron chi connectivity index (χ4n) is 1.80. The second-order valence-corrected chi connectivity index (χ2v) is 6.22. The number of nitrogens with one attached hydrogen (secondary N) is 1. The third-order valence-corrected chi connectivity index (χ3v) is 4.44. The average Bonchev–Trinajstić information content (AvgIpc) is 2.36.